The fourth-order valence-electron chi connectivity index (χ4n) is 1.53. The lowest BCUT2D eigenvalue weighted by atomic mass is 9.99. The SMILES string of the molecule is C=CN=C/C=C(\C=C)c1ccc(C(C)C)cc1. The first-order chi connectivity index (χ1) is 8.19. The predicted octanol–water partition coefficient (Wildman–Crippen LogP) is 4.59. The molecule has 0 aliphatic rings. The monoisotopic (exact) mass is 225 g/mol. The fraction of sp³-hybridized carbons (Fsp3) is 0.188. The summed E-state index contributed by atoms with van der Waals surface area (Å²) in [5.41, 5.74) is 3.56. The van der Waals surface area contributed by atoms with E-state index >= 15 is 0 Å². The van der Waals surface area contributed by atoms with E-state index in [1.165, 1.54) is 11.8 Å². The highest BCUT2D eigenvalue weighted by atomic mass is 14.6. The Morgan fingerprint density at radius 1 is 1.18 bits per heavy atom. The first-order valence-corrected chi connectivity index (χ1v) is 5.76. The van der Waals surface area contributed by atoms with Crippen molar-refractivity contribution >= 4 is 11.8 Å². The van der Waals surface area contributed by atoms with Crippen molar-refractivity contribution in [3.63, 3.8) is 0 Å². The van der Waals surface area contributed by atoms with Crippen LogP contribution in [0.5, 0.6) is 0 Å². The third kappa shape index (κ3) is 3.87. The smallest absolute Gasteiger partial charge is 0.0273 e. The van der Waals surface area contributed by atoms with E-state index in [0.717, 1.165) is 11.1 Å². The molecule has 0 radical (unpaired) electrons. The average molecular weight is 225 g/mol. The summed E-state index contributed by atoms with van der Waals surface area (Å²) in [5, 5.41) is 0. The van der Waals surface area contributed by atoms with Crippen molar-refractivity contribution in [1.29, 1.82) is 0 Å². The minimum atomic E-state index is 0.558. The Balaban J connectivity index is 2.97. The second-order valence-electron chi connectivity index (χ2n) is 4.08. The first kappa shape index (κ1) is 13.2. The van der Waals surface area contributed by atoms with Crippen molar-refractivity contribution in [1.82, 2.24) is 0 Å². The standard InChI is InChI=1S/C16H19N/c1-5-14(11-12-17-6-2)16-9-7-15(8-10-16)13(3)4/h5-13H,1-2H2,3-4H3/b14-11+,17-12?. The zero-order chi connectivity index (χ0) is 12.7. The number of aliphatic imine (C=N–C) groups is 1. The molecule has 0 N–H and O–H groups in total. The van der Waals surface area contributed by atoms with Gasteiger partial charge in [-0.05, 0) is 28.7 Å². The third-order valence-electron chi connectivity index (χ3n) is 2.58. The van der Waals surface area contributed by atoms with Crippen molar-refractivity contribution in [2.45, 2.75) is 19.8 Å². The number of benzene rings is 1. The maximum absolute atomic E-state index is 3.95. The Morgan fingerprint density at radius 3 is 2.29 bits per heavy atom. The second-order valence-corrected chi connectivity index (χ2v) is 4.08. The fourth-order valence-corrected chi connectivity index (χ4v) is 1.53. The lowest BCUT2D eigenvalue weighted by Gasteiger charge is -2.07. The molecule has 0 saturated heterocycles. The zero-order valence-corrected chi connectivity index (χ0v) is 10.6. The molecule has 0 aromatic heterocycles. The Labute approximate surface area is 104 Å². The van der Waals surface area contributed by atoms with Crippen LogP contribution in [0.1, 0.15) is 30.9 Å². The number of rotatable bonds is 5. The summed E-state index contributed by atoms with van der Waals surface area (Å²) in [5.74, 6) is 0.558. The van der Waals surface area contributed by atoms with Crippen LogP contribution >= 0.6 is 0 Å². The maximum atomic E-state index is 3.95. The van der Waals surface area contributed by atoms with Crippen LogP contribution < -0.4 is 0 Å². The Hall–Kier alpha value is -1.89. The third-order valence-corrected chi connectivity index (χ3v) is 2.58. The molecule has 1 rings (SSSR count). The summed E-state index contributed by atoms with van der Waals surface area (Å²) in [7, 11) is 0. The highest BCUT2D eigenvalue weighted by Crippen LogP contribution is 2.19. The van der Waals surface area contributed by atoms with E-state index < -0.39 is 0 Å². The van der Waals surface area contributed by atoms with Crippen LogP contribution in [0.2, 0.25) is 0 Å². The summed E-state index contributed by atoms with van der Waals surface area (Å²) in [6, 6.07) is 8.54. The van der Waals surface area contributed by atoms with Gasteiger partial charge in [0.15, 0.2) is 0 Å². The van der Waals surface area contributed by atoms with Gasteiger partial charge in [0.25, 0.3) is 0 Å². The summed E-state index contributed by atoms with van der Waals surface area (Å²) in [6.07, 6.45) is 7.00. The second kappa shape index (κ2) is 6.64. The minimum absolute atomic E-state index is 0.558. The van der Waals surface area contributed by atoms with E-state index in [4.69, 9.17) is 0 Å². The minimum Gasteiger partial charge on any atom is -0.265 e. The number of hydrogen-bond donors (Lipinski definition) is 0. The molecule has 0 atom stereocenters. The number of nitrogens with zero attached hydrogens (tertiary/aromatic N) is 1. The molecule has 17 heavy (non-hydrogen) atoms. The van der Waals surface area contributed by atoms with Crippen LogP contribution in [0.3, 0.4) is 0 Å². The van der Waals surface area contributed by atoms with Gasteiger partial charge in [0, 0.05) is 12.4 Å². The van der Waals surface area contributed by atoms with E-state index in [1.807, 2.05) is 12.2 Å². The molecule has 0 aliphatic carbocycles. The van der Waals surface area contributed by atoms with E-state index in [2.05, 4.69) is 56.3 Å². The van der Waals surface area contributed by atoms with Crippen molar-refractivity contribution in [3.8, 4) is 0 Å². The summed E-state index contributed by atoms with van der Waals surface area (Å²) in [6.45, 7) is 11.7. The maximum Gasteiger partial charge on any atom is 0.0273 e. The summed E-state index contributed by atoms with van der Waals surface area (Å²) >= 11 is 0. The van der Waals surface area contributed by atoms with Crippen molar-refractivity contribution < 1.29 is 0 Å². The molecule has 1 nitrogen and oxygen atoms in total. The number of hydrogen-bond acceptors (Lipinski definition) is 1. The molecule has 0 unspecified atom stereocenters. The molecular formula is C16H19N. The van der Waals surface area contributed by atoms with E-state index in [0.29, 0.717) is 5.92 Å². The highest BCUT2D eigenvalue weighted by Gasteiger charge is 2.00. The highest BCUT2D eigenvalue weighted by molar-refractivity contribution is 5.88. The van der Waals surface area contributed by atoms with Crippen LogP contribution in [-0.2, 0) is 0 Å². The Bertz CT molecular complexity index is 433. The van der Waals surface area contributed by atoms with Gasteiger partial charge in [0.2, 0.25) is 0 Å². The van der Waals surface area contributed by atoms with E-state index in [9.17, 15) is 0 Å². The van der Waals surface area contributed by atoms with Gasteiger partial charge in [-0.1, -0.05) is 57.3 Å². The quantitative estimate of drug-likeness (QED) is 0.513. The predicted molar refractivity (Wildman–Crippen MR) is 77.4 cm³/mol. The summed E-state index contributed by atoms with van der Waals surface area (Å²) in [4.78, 5) is 3.95. The van der Waals surface area contributed by atoms with Gasteiger partial charge in [-0.25, -0.2) is 0 Å². The van der Waals surface area contributed by atoms with Gasteiger partial charge in [-0.2, -0.15) is 0 Å². The molecule has 0 aliphatic heterocycles. The molecular weight excluding hydrogens is 206 g/mol. The van der Waals surface area contributed by atoms with Crippen molar-refractivity contribution in [3.05, 3.63) is 66.9 Å². The van der Waals surface area contributed by atoms with Crippen LogP contribution in [0.25, 0.3) is 5.57 Å². The van der Waals surface area contributed by atoms with Crippen LogP contribution in [0.4, 0.5) is 0 Å². The normalized spacial score (nSPS) is 12.1. The molecule has 0 spiro atoms. The zero-order valence-electron chi connectivity index (χ0n) is 10.6. The lowest BCUT2D eigenvalue weighted by molar-refractivity contribution is 0.866. The molecule has 0 fully saturated rings. The average Bonchev–Trinajstić information content (AvgIpc) is 2.35. The van der Waals surface area contributed by atoms with E-state index in [-0.39, 0.29) is 0 Å². The molecule has 88 valence electrons. The van der Waals surface area contributed by atoms with Crippen LogP contribution in [0.15, 0.2) is 60.8 Å². The molecule has 1 heteroatoms. The van der Waals surface area contributed by atoms with Crippen molar-refractivity contribution in [2.24, 2.45) is 4.99 Å². The topological polar surface area (TPSA) is 12.4 Å². The van der Waals surface area contributed by atoms with Crippen LogP contribution in [-0.4, -0.2) is 6.21 Å². The summed E-state index contributed by atoms with van der Waals surface area (Å²) < 4.78 is 0. The van der Waals surface area contributed by atoms with Gasteiger partial charge >= 0.3 is 0 Å². The van der Waals surface area contributed by atoms with Gasteiger partial charge in [-0.15, -0.1) is 0 Å². The molecule has 1 aromatic carbocycles. The van der Waals surface area contributed by atoms with E-state index in [1.54, 1.807) is 6.21 Å². The largest absolute Gasteiger partial charge is 0.265 e. The molecule has 0 bridgehead atoms. The first-order valence-electron chi connectivity index (χ1n) is 5.76. The van der Waals surface area contributed by atoms with Gasteiger partial charge < -0.3 is 0 Å². The molecule has 0 amide bonds. The van der Waals surface area contributed by atoms with Gasteiger partial charge in [0.05, 0.1) is 0 Å². The van der Waals surface area contributed by atoms with Gasteiger partial charge in [-0.3, -0.25) is 4.99 Å². The van der Waals surface area contributed by atoms with Crippen molar-refractivity contribution in [2.75, 3.05) is 0 Å². The molecule has 0 saturated carbocycles. The van der Waals surface area contributed by atoms with Crippen LogP contribution in [0, 0.1) is 0 Å². The lowest BCUT2D eigenvalue weighted by Crippen LogP contribution is -1.88. The Morgan fingerprint density at radius 2 is 1.82 bits per heavy atom. The molecule has 1 aromatic rings. The van der Waals surface area contributed by atoms with Gasteiger partial charge in [0.1, 0.15) is 0 Å². The Kier molecular flexibility index (Phi) is 5.15. The number of allylic oxidation sites excluding steroid dienone is 3. The molecule has 0 heterocycles.